The first-order valence-corrected chi connectivity index (χ1v) is 17.0. The minimum atomic E-state index is -0.252. The monoisotopic (exact) mass is 646 g/mol. The van der Waals surface area contributed by atoms with Crippen LogP contribution in [0.4, 0.5) is 5.69 Å². The Morgan fingerprint density at radius 1 is 0.688 bits per heavy atom. The van der Waals surface area contributed by atoms with Crippen LogP contribution in [0.5, 0.6) is 0 Å². The highest BCUT2D eigenvalue weighted by Gasteiger charge is 2.34. The van der Waals surface area contributed by atoms with Crippen LogP contribution in [-0.2, 0) is 0 Å². The van der Waals surface area contributed by atoms with Gasteiger partial charge >= 0.3 is 0 Å². The Hall–Kier alpha value is -4.64. The van der Waals surface area contributed by atoms with Crippen molar-refractivity contribution in [2.75, 3.05) is 70.3 Å². The Balaban J connectivity index is 0.937. The van der Waals surface area contributed by atoms with Crippen LogP contribution in [0.15, 0.2) is 66.7 Å². The smallest absolute Gasteiger partial charge is 0.261 e. The maximum Gasteiger partial charge on any atom is 0.261 e. The van der Waals surface area contributed by atoms with E-state index in [0.717, 1.165) is 66.4 Å². The predicted molar refractivity (Wildman–Crippen MR) is 188 cm³/mol. The molecule has 2 N–H and O–H groups in total. The zero-order valence-corrected chi connectivity index (χ0v) is 27.6. The van der Waals surface area contributed by atoms with Gasteiger partial charge in [0, 0.05) is 91.6 Å². The van der Waals surface area contributed by atoms with Crippen LogP contribution in [0.3, 0.4) is 0 Å². The van der Waals surface area contributed by atoms with Gasteiger partial charge in [-0.3, -0.25) is 33.9 Å². The number of hydrogen-bond acceptors (Lipinski definition) is 8. The Morgan fingerprint density at radius 2 is 1.25 bits per heavy atom. The molecule has 0 spiro atoms. The van der Waals surface area contributed by atoms with E-state index in [9.17, 15) is 19.2 Å². The van der Waals surface area contributed by atoms with Gasteiger partial charge in [0.1, 0.15) is 0 Å². The molecule has 4 aromatic rings. The lowest BCUT2D eigenvalue weighted by Gasteiger charge is -2.33. The fourth-order valence-corrected chi connectivity index (χ4v) is 7.31. The van der Waals surface area contributed by atoms with Gasteiger partial charge in [-0.15, -0.1) is 0 Å². The Morgan fingerprint density at radius 3 is 1.88 bits per heavy atom. The number of imide groups is 2. The Kier molecular flexibility index (Phi) is 8.96. The number of hydrogen-bond donors (Lipinski definition) is 2. The van der Waals surface area contributed by atoms with Crippen LogP contribution < -0.4 is 15.5 Å². The van der Waals surface area contributed by atoms with Crippen LogP contribution in [0.1, 0.15) is 61.7 Å². The van der Waals surface area contributed by atoms with Gasteiger partial charge in [0.2, 0.25) is 0 Å². The average Bonchev–Trinajstić information content (AvgIpc) is 3.11. The van der Waals surface area contributed by atoms with Crippen molar-refractivity contribution in [1.29, 1.82) is 0 Å². The molecule has 48 heavy (non-hydrogen) atoms. The molecule has 7 rings (SSSR count). The number of nitrogens with zero attached hydrogens (tertiary/aromatic N) is 4. The number of carbonyl (C=O) groups is 4. The molecule has 3 aliphatic rings. The van der Waals surface area contributed by atoms with Crippen molar-refractivity contribution in [2.45, 2.75) is 26.3 Å². The topological polar surface area (TPSA) is 105 Å². The van der Waals surface area contributed by atoms with E-state index in [-0.39, 0.29) is 29.7 Å². The quantitative estimate of drug-likeness (QED) is 0.176. The van der Waals surface area contributed by atoms with E-state index in [1.165, 1.54) is 9.80 Å². The first-order chi connectivity index (χ1) is 23.3. The summed E-state index contributed by atoms with van der Waals surface area (Å²) in [7, 11) is 0. The van der Waals surface area contributed by atoms with E-state index >= 15 is 0 Å². The molecule has 0 aliphatic carbocycles. The third-order valence-corrected chi connectivity index (χ3v) is 9.90. The highest BCUT2D eigenvalue weighted by Crippen LogP contribution is 2.34. The zero-order valence-electron chi connectivity index (χ0n) is 27.6. The molecule has 1 saturated heterocycles. The summed E-state index contributed by atoms with van der Waals surface area (Å²) in [5.41, 5.74) is 3.34. The fourth-order valence-electron chi connectivity index (χ4n) is 7.31. The van der Waals surface area contributed by atoms with Crippen molar-refractivity contribution in [3.8, 4) is 0 Å². The van der Waals surface area contributed by atoms with E-state index in [4.69, 9.17) is 0 Å². The lowest BCUT2D eigenvalue weighted by molar-refractivity contribution is 0.0579. The van der Waals surface area contributed by atoms with Gasteiger partial charge < -0.3 is 15.5 Å². The molecular formula is C38H42N6O4. The molecule has 10 heteroatoms. The Bertz CT molecular complexity index is 1870. The summed E-state index contributed by atoms with van der Waals surface area (Å²) < 4.78 is 0. The van der Waals surface area contributed by atoms with Gasteiger partial charge in [-0.2, -0.15) is 0 Å². The van der Waals surface area contributed by atoms with E-state index < -0.39 is 0 Å². The van der Waals surface area contributed by atoms with E-state index in [0.29, 0.717) is 55.0 Å². The maximum absolute atomic E-state index is 13.9. The highest BCUT2D eigenvalue weighted by atomic mass is 16.2. The molecule has 4 amide bonds. The number of carbonyl (C=O) groups excluding carboxylic acids is 4. The van der Waals surface area contributed by atoms with Crippen LogP contribution in [-0.4, -0.2) is 110 Å². The van der Waals surface area contributed by atoms with Crippen molar-refractivity contribution < 1.29 is 19.2 Å². The third-order valence-electron chi connectivity index (χ3n) is 9.90. The van der Waals surface area contributed by atoms with E-state index in [1.54, 1.807) is 12.1 Å². The number of anilines is 1. The molecule has 1 fully saturated rings. The van der Waals surface area contributed by atoms with Gasteiger partial charge in [-0.05, 0) is 74.5 Å². The fraction of sp³-hybridized carbons (Fsp3) is 0.368. The summed E-state index contributed by atoms with van der Waals surface area (Å²) in [6, 6.07) is 21.1. The van der Waals surface area contributed by atoms with Crippen LogP contribution in [0, 0.1) is 0 Å². The molecule has 0 saturated carbocycles. The lowest BCUT2D eigenvalue weighted by atomic mass is 9.93. The van der Waals surface area contributed by atoms with E-state index in [1.807, 2.05) is 48.5 Å². The highest BCUT2D eigenvalue weighted by molar-refractivity contribution is 6.26. The Labute approximate surface area is 280 Å². The van der Waals surface area contributed by atoms with Crippen molar-refractivity contribution in [1.82, 2.24) is 25.3 Å². The van der Waals surface area contributed by atoms with Gasteiger partial charge in [-0.25, -0.2) is 0 Å². The average molecular weight is 647 g/mol. The van der Waals surface area contributed by atoms with Crippen LogP contribution in [0.2, 0.25) is 0 Å². The predicted octanol–water partition coefficient (Wildman–Crippen LogP) is 3.98. The summed E-state index contributed by atoms with van der Waals surface area (Å²) in [6.45, 7) is 10.9. The van der Waals surface area contributed by atoms with Gasteiger partial charge in [-0.1, -0.05) is 36.4 Å². The lowest BCUT2D eigenvalue weighted by Crippen LogP contribution is -2.46. The summed E-state index contributed by atoms with van der Waals surface area (Å²) in [5.74, 6) is -0.971. The number of benzene rings is 4. The molecule has 0 aromatic heterocycles. The van der Waals surface area contributed by atoms with E-state index in [2.05, 4.69) is 40.3 Å². The second-order valence-electron chi connectivity index (χ2n) is 13.1. The molecule has 0 radical (unpaired) electrons. The number of rotatable bonds is 12. The zero-order chi connectivity index (χ0) is 33.4. The van der Waals surface area contributed by atoms with Crippen LogP contribution in [0.25, 0.3) is 21.5 Å². The van der Waals surface area contributed by atoms with Crippen molar-refractivity contribution in [3.05, 3.63) is 89.0 Å². The molecule has 3 aliphatic heterocycles. The minimum absolute atomic E-state index is 0.224. The molecule has 3 heterocycles. The molecule has 248 valence electrons. The number of nitrogens with one attached hydrogen (secondary N) is 2. The molecule has 4 aromatic carbocycles. The molecular weight excluding hydrogens is 604 g/mol. The molecule has 10 nitrogen and oxygen atoms in total. The standard InChI is InChI=1S/C38H42N6O4/c1-25(2)41(17-6-13-39-16-20-43-35(45)29-10-3-7-26-8-4-11-30(33(26)29)36(43)46)21-22-44-37(47)31-12-5-9-27-23-28(42-18-14-40-15-19-42)24-32(34(27)31)38(44)48/h3-5,7-12,23-25,39-40H,6,13-22H2,1-2H3. The SMILES string of the molecule is CC(C)N(CCCNCCN1C(=O)c2cccc3cccc(c23)C1=O)CCN1C(=O)c2cccc3cc(N4CCNCC4)cc(c23)C1=O. The summed E-state index contributed by atoms with van der Waals surface area (Å²) in [5, 5.41) is 10.1. The second kappa shape index (κ2) is 13.5. The summed E-state index contributed by atoms with van der Waals surface area (Å²) in [6.07, 6.45) is 0.834. The first-order valence-electron chi connectivity index (χ1n) is 17.0. The van der Waals surface area contributed by atoms with Gasteiger partial charge in [0.05, 0.1) is 5.56 Å². The molecule has 0 unspecified atom stereocenters. The van der Waals surface area contributed by atoms with Crippen molar-refractivity contribution in [2.24, 2.45) is 0 Å². The number of amides is 4. The first kappa shape index (κ1) is 31.9. The second-order valence-corrected chi connectivity index (χ2v) is 13.1. The minimum Gasteiger partial charge on any atom is -0.369 e. The maximum atomic E-state index is 13.9. The van der Waals surface area contributed by atoms with Crippen molar-refractivity contribution >= 4 is 50.9 Å². The molecule has 0 bridgehead atoms. The van der Waals surface area contributed by atoms with Crippen molar-refractivity contribution in [3.63, 3.8) is 0 Å². The van der Waals surface area contributed by atoms with Gasteiger partial charge in [0.15, 0.2) is 0 Å². The number of piperazine rings is 1. The summed E-state index contributed by atoms with van der Waals surface area (Å²) in [4.78, 5) is 61.1. The third kappa shape index (κ3) is 5.85. The largest absolute Gasteiger partial charge is 0.369 e. The molecule has 0 atom stereocenters. The van der Waals surface area contributed by atoms with Gasteiger partial charge in [0.25, 0.3) is 23.6 Å². The van der Waals surface area contributed by atoms with Crippen LogP contribution >= 0.6 is 0 Å². The normalized spacial score (nSPS) is 16.4. The summed E-state index contributed by atoms with van der Waals surface area (Å²) >= 11 is 0.